The van der Waals surface area contributed by atoms with Crippen LogP contribution in [0.25, 0.3) is 5.69 Å². The van der Waals surface area contributed by atoms with Gasteiger partial charge in [0.15, 0.2) is 0 Å². The number of para-hydroxylation sites is 2. The molecule has 34 heavy (non-hydrogen) atoms. The van der Waals surface area contributed by atoms with Gasteiger partial charge in [-0.3, -0.25) is 14.5 Å². The Kier molecular flexibility index (Phi) is 5.06. The minimum Gasteiger partial charge on any atom is -0.467 e. The van der Waals surface area contributed by atoms with Crippen LogP contribution in [0.5, 0.6) is 0 Å². The number of furan rings is 1. The summed E-state index contributed by atoms with van der Waals surface area (Å²) in [7, 11) is 0. The molecule has 0 spiro atoms. The van der Waals surface area contributed by atoms with Gasteiger partial charge in [-0.15, -0.1) is 0 Å². The zero-order valence-electron chi connectivity index (χ0n) is 18.7. The van der Waals surface area contributed by atoms with E-state index in [0.29, 0.717) is 12.2 Å². The lowest BCUT2D eigenvalue weighted by molar-refractivity contribution is -0.135. The third kappa shape index (κ3) is 3.61. The number of aromatic nitrogens is 1. The van der Waals surface area contributed by atoms with Crippen molar-refractivity contribution in [2.75, 3.05) is 11.4 Å². The molecule has 170 valence electrons. The van der Waals surface area contributed by atoms with Crippen LogP contribution < -0.4 is 4.90 Å². The molecule has 2 amide bonds. The number of benzene rings is 2. The highest BCUT2D eigenvalue weighted by atomic mass is 16.3. The summed E-state index contributed by atoms with van der Waals surface area (Å²) in [5.41, 5.74) is 3.66. The fraction of sp³-hybridized carbons (Fsp3) is 0.214. The van der Waals surface area contributed by atoms with Gasteiger partial charge in [0.2, 0.25) is 11.8 Å². The first-order chi connectivity index (χ1) is 16.7. The normalized spacial score (nSPS) is 16.6. The summed E-state index contributed by atoms with van der Waals surface area (Å²) in [4.78, 5) is 30.8. The standard InChI is InChI=1S/C28H25N3O3/c32-26(18-20-8-2-1-3-9-20)30(21-14-15-21)19-27(33)31-23-11-5-4-10-22(23)29-16-6-12-24(29)28(31)25-13-7-17-34-25/h1-13,16-17,21,28H,14-15,18-19H2. The van der Waals surface area contributed by atoms with Gasteiger partial charge in [-0.25, -0.2) is 0 Å². The quantitative estimate of drug-likeness (QED) is 0.426. The van der Waals surface area contributed by atoms with Crippen molar-refractivity contribution < 1.29 is 14.0 Å². The van der Waals surface area contributed by atoms with E-state index in [1.54, 1.807) is 16.1 Å². The lowest BCUT2D eigenvalue weighted by atomic mass is 10.0. The van der Waals surface area contributed by atoms with Crippen LogP contribution in [0, 0.1) is 0 Å². The van der Waals surface area contributed by atoms with Gasteiger partial charge in [0.05, 0.1) is 29.8 Å². The van der Waals surface area contributed by atoms with Gasteiger partial charge in [-0.05, 0) is 54.8 Å². The smallest absolute Gasteiger partial charge is 0.247 e. The lowest BCUT2D eigenvalue weighted by Gasteiger charge is -2.38. The average Bonchev–Trinajstić information content (AvgIpc) is 3.33. The third-order valence-electron chi connectivity index (χ3n) is 6.61. The van der Waals surface area contributed by atoms with Crippen molar-refractivity contribution in [2.45, 2.75) is 31.3 Å². The number of hydrogen-bond donors (Lipinski definition) is 0. The molecule has 2 aromatic carbocycles. The first kappa shape index (κ1) is 20.5. The number of hydrogen-bond acceptors (Lipinski definition) is 3. The highest BCUT2D eigenvalue weighted by Gasteiger charge is 2.40. The van der Waals surface area contributed by atoms with E-state index >= 15 is 0 Å². The van der Waals surface area contributed by atoms with Gasteiger partial charge in [0, 0.05) is 12.2 Å². The predicted molar refractivity (Wildman–Crippen MR) is 129 cm³/mol. The van der Waals surface area contributed by atoms with Crippen molar-refractivity contribution in [3.05, 3.63) is 108 Å². The maximum Gasteiger partial charge on any atom is 0.247 e. The highest BCUT2D eigenvalue weighted by molar-refractivity contribution is 6.00. The van der Waals surface area contributed by atoms with E-state index < -0.39 is 6.04 Å². The Hall–Kier alpha value is -4.06. The Bertz CT molecular complexity index is 1320. The Morgan fingerprint density at radius 2 is 1.65 bits per heavy atom. The number of fused-ring (bicyclic) bond motifs is 3. The SMILES string of the molecule is O=C(Cc1ccccc1)N(CC(=O)N1c2ccccc2-n2cccc2C1c1ccco1)C1CC1. The van der Waals surface area contributed by atoms with E-state index in [1.165, 1.54) is 0 Å². The number of rotatable bonds is 6. The fourth-order valence-corrected chi connectivity index (χ4v) is 4.88. The molecule has 0 radical (unpaired) electrons. The molecule has 6 heteroatoms. The van der Waals surface area contributed by atoms with Crippen molar-refractivity contribution in [1.82, 2.24) is 9.47 Å². The van der Waals surface area contributed by atoms with Crippen molar-refractivity contribution >= 4 is 17.5 Å². The molecule has 1 atom stereocenters. The minimum absolute atomic E-state index is 0.00901. The van der Waals surface area contributed by atoms with Gasteiger partial charge in [0.25, 0.3) is 0 Å². The summed E-state index contributed by atoms with van der Waals surface area (Å²) >= 11 is 0. The molecular weight excluding hydrogens is 426 g/mol. The second-order valence-corrected chi connectivity index (χ2v) is 8.89. The molecule has 4 aromatic rings. The van der Waals surface area contributed by atoms with Gasteiger partial charge in [0.1, 0.15) is 18.3 Å². The fourth-order valence-electron chi connectivity index (χ4n) is 4.88. The predicted octanol–water partition coefficient (Wildman–Crippen LogP) is 4.74. The summed E-state index contributed by atoms with van der Waals surface area (Å²) in [6.07, 6.45) is 5.81. The van der Waals surface area contributed by atoms with Crippen LogP contribution >= 0.6 is 0 Å². The van der Waals surface area contributed by atoms with Crippen LogP contribution in [0.4, 0.5) is 5.69 Å². The first-order valence-electron chi connectivity index (χ1n) is 11.7. The van der Waals surface area contributed by atoms with E-state index in [-0.39, 0.29) is 24.4 Å². The Morgan fingerprint density at radius 1 is 0.882 bits per heavy atom. The van der Waals surface area contributed by atoms with Gasteiger partial charge in [-0.1, -0.05) is 42.5 Å². The van der Waals surface area contributed by atoms with E-state index in [2.05, 4.69) is 4.57 Å². The molecule has 1 saturated carbocycles. The number of carbonyl (C=O) groups excluding carboxylic acids is 2. The summed E-state index contributed by atoms with van der Waals surface area (Å²) in [6, 6.07) is 25.0. The lowest BCUT2D eigenvalue weighted by Crippen LogP contribution is -2.47. The summed E-state index contributed by atoms with van der Waals surface area (Å²) in [5, 5.41) is 0. The van der Waals surface area contributed by atoms with Gasteiger partial charge >= 0.3 is 0 Å². The zero-order valence-corrected chi connectivity index (χ0v) is 18.7. The summed E-state index contributed by atoms with van der Waals surface area (Å²) < 4.78 is 7.90. The van der Waals surface area contributed by atoms with E-state index in [4.69, 9.17) is 4.42 Å². The van der Waals surface area contributed by atoms with E-state index in [1.807, 2.05) is 85.1 Å². The molecule has 1 fully saturated rings. The second-order valence-electron chi connectivity index (χ2n) is 8.89. The molecule has 0 bridgehead atoms. The number of anilines is 1. The molecule has 1 unspecified atom stereocenters. The Morgan fingerprint density at radius 3 is 2.38 bits per heavy atom. The summed E-state index contributed by atoms with van der Waals surface area (Å²) in [6.45, 7) is 0.0442. The first-order valence-corrected chi connectivity index (χ1v) is 11.7. The minimum atomic E-state index is -0.405. The second kappa shape index (κ2) is 8.37. The molecule has 3 heterocycles. The van der Waals surface area contributed by atoms with Gasteiger partial charge < -0.3 is 13.9 Å². The van der Waals surface area contributed by atoms with Gasteiger partial charge in [-0.2, -0.15) is 0 Å². The van der Waals surface area contributed by atoms with Crippen molar-refractivity contribution in [3.63, 3.8) is 0 Å². The highest BCUT2D eigenvalue weighted by Crippen LogP contribution is 2.42. The molecule has 0 saturated heterocycles. The van der Waals surface area contributed by atoms with Crippen LogP contribution in [0.2, 0.25) is 0 Å². The molecule has 0 N–H and O–H groups in total. The maximum absolute atomic E-state index is 14.0. The third-order valence-corrected chi connectivity index (χ3v) is 6.61. The number of nitrogens with zero attached hydrogens (tertiary/aromatic N) is 3. The van der Waals surface area contributed by atoms with Crippen molar-refractivity contribution in [3.8, 4) is 5.69 Å². The molecule has 6 nitrogen and oxygen atoms in total. The molecular formula is C28H25N3O3. The molecule has 1 aliphatic heterocycles. The average molecular weight is 452 g/mol. The molecule has 2 aromatic heterocycles. The monoisotopic (exact) mass is 451 g/mol. The van der Waals surface area contributed by atoms with Crippen molar-refractivity contribution in [1.29, 1.82) is 0 Å². The van der Waals surface area contributed by atoms with Crippen LogP contribution in [-0.4, -0.2) is 33.9 Å². The maximum atomic E-state index is 14.0. The number of amides is 2. The summed E-state index contributed by atoms with van der Waals surface area (Å²) in [5.74, 6) is 0.566. The zero-order chi connectivity index (χ0) is 23.1. The van der Waals surface area contributed by atoms with Crippen LogP contribution in [0.1, 0.15) is 35.9 Å². The topological polar surface area (TPSA) is 58.7 Å². The van der Waals surface area contributed by atoms with E-state index in [9.17, 15) is 9.59 Å². The molecule has 1 aliphatic carbocycles. The molecule has 2 aliphatic rings. The Balaban J connectivity index is 1.35. The number of carbonyl (C=O) groups is 2. The van der Waals surface area contributed by atoms with E-state index in [0.717, 1.165) is 35.5 Å². The van der Waals surface area contributed by atoms with Crippen LogP contribution in [0.15, 0.2) is 95.7 Å². The van der Waals surface area contributed by atoms with Crippen molar-refractivity contribution in [2.24, 2.45) is 0 Å². The van der Waals surface area contributed by atoms with Crippen LogP contribution in [-0.2, 0) is 16.0 Å². The van der Waals surface area contributed by atoms with Crippen LogP contribution in [0.3, 0.4) is 0 Å². The Labute approximate surface area is 198 Å². The largest absolute Gasteiger partial charge is 0.467 e. The molecule has 6 rings (SSSR count).